The van der Waals surface area contributed by atoms with E-state index in [2.05, 4.69) is 10.6 Å². The third-order valence-electron chi connectivity index (χ3n) is 3.53. The molecular weight excluding hydrogens is 252 g/mol. The zero-order valence-electron chi connectivity index (χ0n) is 11.2. The van der Waals surface area contributed by atoms with Gasteiger partial charge in [0.05, 0.1) is 0 Å². The number of phenolic OH excluding ortho intramolecular Hbond substituents is 1. The molecule has 2 aromatic rings. The Bertz CT molecular complexity index is 680. The summed E-state index contributed by atoms with van der Waals surface area (Å²) in [5, 5.41) is 15.6. The molecule has 1 amide bonds. The molecule has 3 rings (SSSR count). The first-order valence-electron chi connectivity index (χ1n) is 6.61. The molecule has 2 aromatic carbocycles. The second-order valence-corrected chi connectivity index (χ2v) is 5.00. The van der Waals surface area contributed by atoms with Crippen LogP contribution >= 0.6 is 0 Å². The number of benzene rings is 2. The van der Waals surface area contributed by atoms with Crippen molar-refractivity contribution < 1.29 is 9.90 Å². The summed E-state index contributed by atoms with van der Waals surface area (Å²) < 4.78 is 0. The lowest BCUT2D eigenvalue weighted by atomic mass is 10.1. The minimum absolute atomic E-state index is 0.159. The topological polar surface area (TPSA) is 61.4 Å². The highest BCUT2D eigenvalue weighted by Gasteiger charge is 2.13. The maximum Gasteiger partial charge on any atom is 0.255 e. The Morgan fingerprint density at radius 2 is 2.10 bits per heavy atom. The molecule has 0 saturated heterocycles. The van der Waals surface area contributed by atoms with Crippen LogP contribution in [0.3, 0.4) is 0 Å². The number of phenols is 1. The molecule has 0 fully saturated rings. The number of aryl methyl sites for hydroxylation is 1. The Morgan fingerprint density at radius 1 is 1.25 bits per heavy atom. The van der Waals surface area contributed by atoms with E-state index in [9.17, 15) is 9.90 Å². The molecule has 1 aliphatic heterocycles. The molecule has 0 bridgehead atoms. The molecule has 0 aliphatic carbocycles. The molecule has 0 radical (unpaired) electrons. The number of rotatable bonds is 2. The number of hydrogen-bond acceptors (Lipinski definition) is 3. The number of anilines is 2. The molecule has 1 aliphatic rings. The number of fused-ring (bicyclic) bond motifs is 1. The molecule has 0 saturated carbocycles. The van der Waals surface area contributed by atoms with Gasteiger partial charge in [-0.25, -0.2) is 0 Å². The first-order valence-corrected chi connectivity index (χ1v) is 6.61. The molecule has 0 aromatic heterocycles. The number of nitrogens with one attached hydrogen (secondary N) is 2. The minimum atomic E-state index is -0.159. The van der Waals surface area contributed by atoms with Gasteiger partial charge < -0.3 is 15.7 Å². The van der Waals surface area contributed by atoms with Crippen molar-refractivity contribution in [2.75, 3.05) is 17.2 Å². The molecule has 0 unspecified atom stereocenters. The monoisotopic (exact) mass is 268 g/mol. The third-order valence-corrected chi connectivity index (χ3v) is 3.53. The Hall–Kier alpha value is -2.49. The zero-order valence-corrected chi connectivity index (χ0v) is 11.2. The smallest absolute Gasteiger partial charge is 0.255 e. The van der Waals surface area contributed by atoms with E-state index in [4.69, 9.17) is 0 Å². The van der Waals surface area contributed by atoms with E-state index in [0.29, 0.717) is 5.56 Å². The molecule has 20 heavy (non-hydrogen) atoms. The van der Waals surface area contributed by atoms with E-state index in [1.807, 2.05) is 18.2 Å². The van der Waals surface area contributed by atoms with E-state index in [-0.39, 0.29) is 11.7 Å². The fraction of sp³-hybridized carbons (Fsp3) is 0.188. The molecule has 3 N–H and O–H groups in total. The molecular formula is C16H16N2O2. The maximum absolute atomic E-state index is 12.2. The highest BCUT2D eigenvalue weighted by atomic mass is 16.3. The fourth-order valence-electron chi connectivity index (χ4n) is 2.48. The number of hydrogen-bond donors (Lipinski definition) is 3. The van der Waals surface area contributed by atoms with Crippen molar-refractivity contribution in [2.45, 2.75) is 13.3 Å². The predicted molar refractivity (Wildman–Crippen MR) is 79.4 cm³/mol. The summed E-state index contributed by atoms with van der Waals surface area (Å²) in [6.45, 7) is 2.76. The highest BCUT2D eigenvalue weighted by molar-refractivity contribution is 6.05. The molecule has 4 nitrogen and oxygen atoms in total. The second kappa shape index (κ2) is 4.89. The van der Waals surface area contributed by atoms with Crippen LogP contribution in [-0.2, 0) is 6.42 Å². The third kappa shape index (κ3) is 2.32. The number of carbonyl (C=O) groups excluding carboxylic acids is 1. The van der Waals surface area contributed by atoms with E-state index >= 15 is 0 Å². The molecule has 4 heteroatoms. The Morgan fingerprint density at radius 3 is 2.90 bits per heavy atom. The van der Waals surface area contributed by atoms with Gasteiger partial charge in [0.2, 0.25) is 0 Å². The van der Waals surface area contributed by atoms with E-state index in [0.717, 1.165) is 29.9 Å². The quantitative estimate of drug-likeness (QED) is 0.784. The highest BCUT2D eigenvalue weighted by Crippen LogP contribution is 2.26. The van der Waals surface area contributed by atoms with Crippen LogP contribution in [0, 0.1) is 6.92 Å². The van der Waals surface area contributed by atoms with Gasteiger partial charge in [-0.2, -0.15) is 0 Å². The zero-order chi connectivity index (χ0) is 14.1. The Labute approximate surface area is 117 Å². The van der Waals surface area contributed by atoms with Gasteiger partial charge in [-0.3, -0.25) is 4.79 Å². The van der Waals surface area contributed by atoms with Crippen molar-refractivity contribution in [1.29, 1.82) is 0 Å². The molecule has 102 valence electrons. The van der Waals surface area contributed by atoms with Crippen molar-refractivity contribution in [2.24, 2.45) is 0 Å². The number of aromatic hydroxyl groups is 1. The summed E-state index contributed by atoms with van der Waals surface area (Å²) in [6.07, 6.45) is 0.983. The summed E-state index contributed by atoms with van der Waals surface area (Å²) in [6, 6.07) is 10.6. The summed E-state index contributed by atoms with van der Waals surface area (Å²) in [4.78, 5) is 12.2. The number of amides is 1. The van der Waals surface area contributed by atoms with Crippen LogP contribution in [0.2, 0.25) is 0 Å². The van der Waals surface area contributed by atoms with Crippen molar-refractivity contribution in [3.8, 4) is 5.75 Å². The van der Waals surface area contributed by atoms with Gasteiger partial charge in [-0.1, -0.05) is 0 Å². The second-order valence-electron chi connectivity index (χ2n) is 5.00. The lowest BCUT2D eigenvalue weighted by Crippen LogP contribution is -2.13. The van der Waals surface area contributed by atoms with Gasteiger partial charge in [0, 0.05) is 23.5 Å². The van der Waals surface area contributed by atoms with Crippen molar-refractivity contribution in [3.05, 3.63) is 53.1 Å². The SMILES string of the molecule is Cc1cc(O)ccc1C(=O)Nc1ccc2c(c1)CCN2. The van der Waals surface area contributed by atoms with Gasteiger partial charge in [-0.15, -0.1) is 0 Å². The van der Waals surface area contributed by atoms with Crippen LogP contribution in [0.4, 0.5) is 11.4 Å². The van der Waals surface area contributed by atoms with E-state index in [1.54, 1.807) is 19.1 Å². The maximum atomic E-state index is 12.2. The van der Waals surface area contributed by atoms with Crippen molar-refractivity contribution >= 4 is 17.3 Å². The van der Waals surface area contributed by atoms with Gasteiger partial charge >= 0.3 is 0 Å². The summed E-state index contributed by atoms with van der Waals surface area (Å²) in [5.41, 5.74) is 4.49. The van der Waals surface area contributed by atoms with Crippen LogP contribution in [0.25, 0.3) is 0 Å². The van der Waals surface area contributed by atoms with Crippen molar-refractivity contribution in [1.82, 2.24) is 0 Å². The fourth-order valence-corrected chi connectivity index (χ4v) is 2.48. The Kier molecular flexibility index (Phi) is 3.06. The van der Waals surface area contributed by atoms with E-state index < -0.39 is 0 Å². The normalized spacial score (nSPS) is 12.7. The summed E-state index contributed by atoms with van der Waals surface area (Å²) in [5.74, 6) is 0.0102. The average Bonchev–Trinajstić information content (AvgIpc) is 2.85. The molecule has 1 heterocycles. The van der Waals surface area contributed by atoms with Crippen LogP contribution in [0.5, 0.6) is 5.75 Å². The molecule has 0 spiro atoms. The lowest BCUT2D eigenvalue weighted by Gasteiger charge is -2.09. The largest absolute Gasteiger partial charge is 0.508 e. The standard InChI is InChI=1S/C16H16N2O2/c1-10-8-13(19)3-4-14(10)16(20)18-12-2-5-15-11(9-12)6-7-17-15/h2-5,8-9,17,19H,6-7H2,1H3,(H,18,20). The number of carbonyl (C=O) groups is 1. The lowest BCUT2D eigenvalue weighted by molar-refractivity contribution is 0.102. The summed E-state index contributed by atoms with van der Waals surface area (Å²) in [7, 11) is 0. The first-order chi connectivity index (χ1) is 9.63. The first kappa shape index (κ1) is 12.5. The van der Waals surface area contributed by atoms with Crippen LogP contribution in [-0.4, -0.2) is 17.6 Å². The molecule has 0 atom stereocenters. The minimum Gasteiger partial charge on any atom is -0.508 e. The Balaban J connectivity index is 1.82. The van der Waals surface area contributed by atoms with Gasteiger partial charge in [-0.05, 0) is 60.9 Å². The predicted octanol–water partition coefficient (Wildman–Crippen LogP) is 2.92. The average molecular weight is 268 g/mol. The van der Waals surface area contributed by atoms with Crippen LogP contribution in [0.15, 0.2) is 36.4 Å². The van der Waals surface area contributed by atoms with Crippen molar-refractivity contribution in [3.63, 3.8) is 0 Å². The van der Waals surface area contributed by atoms with Crippen LogP contribution < -0.4 is 10.6 Å². The summed E-state index contributed by atoms with van der Waals surface area (Å²) >= 11 is 0. The van der Waals surface area contributed by atoms with Crippen LogP contribution in [0.1, 0.15) is 21.5 Å². The van der Waals surface area contributed by atoms with Gasteiger partial charge in [0.15, 0.2) is 0 Å². The van der Waals surface area contributed by atoms with E-state index in [1.165, 1.54) is 11.6 Å². The van der Waals surface area contributed by atoms with Gasteiger partial charge in [0.1, 0.15) is 5.75 Å². The van der Waals surface area contributed by atoms with Gasteiger partial charge in [0.25, 0.3) is 5.91 Å².